The predicted molar refractivity (Wildman–Crippen MR) is 129 cm³/mol. The van der Waals surface area contributed by atoms with Gasteiger partial charge >= 0.3 is 0 Å². The van der Waals surface area contributed by atoms with E-state index in [0.717, 1.165) is 24.4 Å². The lowest BCUT2D eigenvalue weighted by Crippen LogP contribution is -2.32. The molecule has 176 valence electrons. The quantitative estimate of drug-likeness (QED) is 0.426. The Kier molecular flexibility index (Phi) is 7.71. The van der Waals surface area contributed by atoms with Crippen LogP contribution in [0.2, 0.25) is 0 Å². The van der Waals surface area contributed by atoms with Gasteiger partial charge in [-0.2, -0.15) is 4.31 Å². The third-order valence-corrected chi connectivity index (χ3v) is 7.99. The molecule has 0 saturated heterocycles. The summed E-state index contributed by atoms with van der Waals surface area (Å²) in [6, 6.07) is 14.5. The molecular formula is C25H31N3O4S. The van der Waals surface area contributed by atoms with E-state index < -0.39 is 15.6 Å². The fourth-order valence-corrected chi connectivity index (χ4v) is 5.53. The fourth-order valence-electron chi connectivity index (χ4n) is 4.05. The van der Waals surface area contributed by atoms with Crippen LogP contribution in [0.3, 0.4) is 0 Å². The van der Waals surface area contributed by atoms with Crippen LogP contribution in [-0.4, -0.2) is 40.7 Å². The summed E-state index contributed by atoms with van der Waals surface area (Å²) in [5, 5.41) is 0. The van der Waals surface area contributed by atoms with Gasteiger partial charge in [0.2, 0.25) is 10.0 Å². The summed E-state index contributed by atoms with van der Waals surface area (Å²) in [5.41, 5.74) is 3.16. The van der Waals surface area contributed by atoms with E-state index in [-0.39, 0.29) is 17.2 Å². The predicted octanol–water partition coefficient (Wildman–Crippen LogP) is 3.42. The number of benzene rings is 1. The van der Waals surface area contributed by atoms with Gasteiger partial charge in [0.15, 0.2) is 5.78 Å². The number of carbonyl (C=O) groups is 1. The van der Waals surface area contributed by atoms with E-state index in [9.17, 15) is 18.0 Å². The van der Waals surface area contributed by atoms with Crippen LogP contribution in [0.25, 0.3) is 0 Å². The standard InChI is InChI=1S/C25H31N3O4S/c1-5-27(6-2)33(31,32)22-12-13-25(30)26(17-22)18-24(29)23-16-19(3)28(20(23)4)15-14-21-10-8-7-9-11-21/h7-13,16-17H,5-6,14-15,18H2,1-4H3. The van der Waals surface area contributed by atoms with Gasteiger partial charge in [-0.15, -0.1) is 0 Å². The zero-order valence-electron chi connectivity index (χ0n) is 19.6. The summed E-state index contributed by atoms with van der Waals surface area (Å²) in [4.78, 5) is 25.5. The number of Topliss-reactive ketones (excluding diaryl/α,β-unsaturated/α-hetero) is 1. The molecule has 3 aromatic rings. The zero-order valence-corrected chi connectivity index (χ0v) is 20.4. The molecule has 8 heteroatoms. The van der Waals surface area contributed by atoms with E-state index in [1.54, 1.807) is 13.8 Å². The van der Waals surface area contributed by atoms with E-state index >= 15 is 0 Å². The van der Waals surface area contributed by atoms with Gasteiger partial charge in [-0.1, -0.05) is 44.2 Å². The highest BCUT2D eigenvalue weighted by atomic mass is 32.2. The van der Waals surface area contributed by atoms with Gasteiger partial charge in [0, 0.05) is 48.8 Å². The summed E-state index contributed by atoms with van der Waals surface area (Å²) in [7, 11) is -3.73. The van der Waals surface area contributed by atoms with Crippen LogP contribution in [0.1, 0.15) is 41.2 Å². The number of rotatable bonds is 10. The number of pyridine rings is 1. The monoisotopic (exact) mass is 469 g/mol. The Labute approximate surface area is 195 Å². The number of carbonyl (C=O) groups excluding carboxylic acids is 1. The summed E-state index contributed by atoms with van der Waals surface area (Å²) < 4.78 is 30.2. The molecule has 0 spiro atoms. The lowest BCUT2D eigenvalue weighted by atomic mass is 10.1. The molecule has 0 aliphatic rings. The lowest BCUT2D eigenvalue weighted by Gasteiger charge is -2.19. The molecular weight excluding hydrogens is 438 g/mol. The molecule has 2 heterocycles. The van der Waals surface area contributed by atoms with E-state index in [2.05, 4.69) is 16.7 Å². The van der Waals surface area contributed by atoms with Gasteiger partial charge in [0.25, 0.3) is 5.56 Å². The molecule has 0 radical (unpaired) electrons. The number of hydrogen-bond donors (Lipinski definition) is 0. The highest BCUT2D eigenvalue weighted by Crippen LogP contribution is 2.18. The Hall–Kier alpha value is -2.97. The fraction of sp³-hybridized carbons (Fsp3) is 0.360. The van der Waals surface area contributed by atoms with Crippen LogP contribution in [0.15, 0.2) is 64.4 Å². The first-order valence-electron chi connectivity index (χ1n) is 11.1. The molecule has 0 atom stereocenters. The molecule has 2 aromatic heterocycles. The Morgan fingerprint density at radius 1 is 1.00 bits per heavy atom. The van der Waals surface area contributed by atoms with E-state index in [1.165, 1.54) is 32.8 Å². The molecule has 0 fully saturated rings. The number of aryl methyl sites for hydroxylation is 2. The summed E-state index contributed by atoms with van der Waals surface area (Å²) in [5.74, 6) is -0.228. The van der Waals surface area contributed by atoms with Crippen molar-refractivity contribution < 1.29 is 13.2 Å². The van der Waals surface area contributed by atoms with Gasteiger partial charge in [-0.25, -0.2) is 8.42 Å². The second-order valence-corrected chi connectivity index (χ2v) is 9.95. The molecule has 33 heavy (non-hydrogen) atoms. The largest absolute Gasteiger partial charge is 0.348 e. The number of sulfonamides is 1. The number of aromatic nitrogens is 2. The normalized spacial score (nSPS) is 11.8. The minimum Gasteiger partial charge on any atom is -0.348 e. The number of hydrogen-bond acceptors (Lipinski definition) is 4. The molecule has 3 rings (SSSR count). The van der Waals surface area contributed by atoms with E-state index in [0.29, 0.717) is 18.7 Å². The Bertz CT molecular complexity index is 1290. The van der Waals surface area contributed by atoms with Crippen LogP contribution in [0, 0.1) is 13.8 Å². The van der Waals surface area contributed by atoms with Crippen molar-refractivity contribution >= 4 is 15.8 Å². The second kappa shape index (κ2) is 10.3. The van der Waals surface area contributed by atoms with Crippen LogP contribution in [0.5, 0.6) is 0 Å². The van der Waals surface area contributed by atoms with Crippen molar-refractivity contribution in [2.24, 2.45) is 0 Å². The third-order valence-electron chi connectivity index (χ3n) is 5.95. The molecule has 1 aromatic carbocycles. The van der Waals surface area contributed by atoms with Crippen LogP contribution in [-0.2, 0) is 29.5 Å². The topological polar surface area (TPSA) is 81.4 Å². The first kappa shape index (κ1) is 24.7. The van der Waals surface area contributed by atoms with Gasteiger partial charge in [-0.3, -0.25) is 9.59 Å². The van der Waals surface area contributed by atoms with Gasteiger partial charge in [-0.05, 0) is 38.0 Å². The minimum absolute atomic E-state index is 0.00642. The first-order valence-corrected chi connectivity index (χ1v) is 12.6. The minimum atomic E-state index is -3.73. The maximum Gasteiger partial charge on any atom is 0.251 e. The van der Waals surface area contributed by atoms with Gasteiger partial charge in [0.05, 0.1) is 11.4 Å². The molecule has 0 aliphatic carbocycles. The van der Waals surface area contributed by atoms with E-state index in [1.807, 2.05) is 38.1 Å². The lowest BCUT2D eigenvalue weighted by molar-refractivity contribution is 0.0969. The second-order valence-electron chi connectivity index (χ2n) is 8.02. The molecule has 0 bridgehead atoms. The average molecular weight is 470 g/mol. The molecule has 0 aliphatic heterocycles. The summed E-state index contributed by atoms with van der Waals surface area (Å²) in [6.07, 6.45) is 2.11. The third kappa shape index (κ3) is 5.34. The first-order chi connectivity index (χ1) is 15.7. The Morgan fingerprint density at radius 2 is 1.67 bits per heavy atom. The summed E-state index contributed by atoms with van der Waals surface area (Å²) in [6.45, 7) is 8.55. The maximum absolute atomic E-state index is 13.1. The van der Waals surface area contributed by atoms with Crippen molar-refractivity contribution in [3.63, 3.8) is 0 Å². The Morgan fingerprint density at radius 3 is 2.30 bits per heavy atom. The summed E-state index contributed by atoms with van der Waals surface area (Å²) >= 11 is 0. The maximum atomic E-state index is 13.1. The van der Waals surface area contributed by atoms with E-state index in [4.69, 9.17) is 0 Å². The Balaban J connectivity index is 1.84. The smallest absolute Gasteiger partial charge is 0.251 e. The molecule has 0 amide bonds. The highest BCUT2D eigenvalue weighted by molar-refractivity contribution is 7.89. The van der Waals surface area contributed by atoms with Crippen LogP contribution >= 0.6 is 0 Å². The average Bonchev–Trinajstić information content (AvgIpc) is 3.08. The highest BCUT2D eigenvalue weighted by Gasteiger charge is 2.23. The number of ketones is 1. The van der Waals surface area contributed by atoms with Gasteiger partial charge < -0.3 is 9.13 Å². The van der Waals surface area contributed by atoms with Crippen molar-refractivity contribution in [3.05, 3.63) is 87.6 Å². The molecule has 0 unspecified atom stereocenters. The van der Waals surface area contributed by atoms with Crippen molar-refractivity contribution in [2.75, 3.05) is 13.1 Å². The van der Waals surface area contributed by atoms with Gasteiger partial charge in [0.1, 0.15) is 0 Å². The van der Waals surface area contributed by atoms with Crippen molar-refractivity contribution in [2.45, 2.75) is 52.1 Å². The van der Waals surface area contributed by atoms with Crippen LogP contribution in [0.4, 0.5) is 0 Å². The van der Waals surface area contributed by atoms with Crippen molar-refractivity contribution in [1.29, 1.82) is 0 Å². The SMILES string of the molecule is CCN(CC)S(=O)(=O)c1ccc(=O)n(CC(=O)c2cc(C)n(CCc3ccccc3)c2C)c1. The number of nitrogens with zero attached hydrogens (tertiary/aromatic N) is 3. The molecule has 7 nitrogen and oxygen atoms in total. The van der Waals surface area contributed by atoms with Crippen molar-refractivity contribution in [1.82, 2.24) is 13.4 Å². The molecule has 0 N–H and O–H groups in total. The molecule has 0 saturated carbocycles. The van der Waals surface area contributed by atoms with Crippen molar-refractivity contribution in [3.8, 4) is 0 Å². The zero-order chi connectivity index (χ0) is 24.2. The van der Waals surface area contributed by atoms with Crippen LogP contribution < -0.4 is 5.56 Å².